The van der Waals surface area contributed by atoms with Crippen LogP contribution in [0.25, 0.3) is 0 Å². The van der Waals surface area contributed by atoms with Crippen LogP contribution in [-0.4, -0.2) is 74.9 Å². The molecule has 0 spiro atoms. The van der Waals surface area contributed by atoms with E-state index in [0.29, 0.717) is 17.4 Å². The fourth-order valence-electron chi connectivity index (χ4n) is 8.40. The molecule has 2 unspecified atom stereocenters. The van der Waals surface area contributed by atoms with Crippen LogP contribution in [0.4, 0.5) is 0 Å². The molecule has 0 aliphatic rings. The van der Waals surface area contributed by atoms with Gasteiger partial charge in [-0.15, -0.1) is 0 Å². The van der Waals surface area contributed by atoms with Crippen molar-refractivity contribution < 1.29 is 42.1 Å². The first-order valence-electron chi connectivity index (χ1n) is 31.8. The number of phosphoric acid groups is 1. The van der Waals surface area contributed by atoms with Gasteiger partial charge < -0.3 is 18.9 Å². The quantitative estimate of drug-likeness (QED) is 0.0211. The minimum atomic E-state index is -4.40. The molecule has 0 bridgehead atoms. The number of unbranched alkanes of at least 4 members (excludes halogenated alkanes) is 23. The number of rotatable bonds is 57. The van der Waals surface area contributed by atoms with Crippen molar-refractivity contribution >= 4 is 19.8 Å². The maximum Gasteiger partial charge on any atom is 0.472 e. The number of quaternary nitrogens is 1. The summed E-state index contributed by atoms with van der Waals surface area (Å²) < 4.78 is 34.6. The predicted octanol–water partition coefficient (Wildman–Crippen LogP) is 20.3. The number of allylic oxidation sites excluding steroid dienone is 20. The van der Waals surface area contributed by atoms with Crippen molar-refractivity contribution in [1.29, 1.82) is 0 Å². The summed E-state index contributed by atoms with van der Waals surface area (Å²) in [4.78, 5) is 35.7. The van der Waals surface area contributed by atoms with Crippen LogP contribution >= 0.6 is 7.82 Å². The lowest BCUT2D eigenvalue weighted by Crippen LogP contribution is -2.37. The highest BCUT2D eigenvalue weighted by atomic mass is 31.2. The Balaban J connectivity index is 4.17. The van der Waals surface area contributed by atoms with Crippen LogP contribution in [0.1, 0.15) is 251 Å². The van der Waals surface area contributed by atoms with Crippen LogP contribution in [-0.2, 0) is 32.7 Å². The molecule has 9 nitrogen and oxygen atoms in total. The zero-order chi connectivity index (χ0) is 57.7. The number of esters is 2. The summed E-state index contributed by atoms with van der Waals surface area (Å²) in [5, 5.41) is 0. The van der Waals surface area contributed by atoms with E-state index in [1.54, 1.807) is 0 Å². The second-order valence-corrected chi connectivity index (χ2v) is 23.5. The van der Waals surface area contributed by atoms with Crippen molar-refractivity contribution in [3.8, 4) is 0 Å². The van der Waals surface area contributed by atoms with Crippen LogP contribution in [0.2, 0.25) is 0 Å². The third-order valence-electron chi connectivity index (χ3n) is 13.3. The van der Waals surface area contributed by atoms with Crippen LogP contribution in [0.3, 0.4) is 0 Å². The van der Waals surface area contributed by atoms with Gasteiger partial charge in [0, 0.05) is 12.8 Å². The molecule has 0 amide bonds. The van der Waals surface area contributed by atoms with Gasteiger partial charge >= 0.3 is 19.8 Å². The summed E-state index contributed by atoms with van der Waals surface area (Å²) in [6, 6.07) is 0. The molecule has 0 aliphatic heterocycles. The number of hydrogen-bond acceptors (Lipinski definition) is 7. The summed E-state index contributed by atoms with van der Waals surface area (Å²) >= 11 is 0. The summed E-state index contributed by atoms with van der Waals surface area (Å²) in [6.07, 6.45) is 84.2. The monoisotopic (exact) mass is 1120 g/mol. The van der Waals surface area contributed by atoms with Crippen LogP contribution in [0.5, 0.6) is 0 Å². The Morgan fingerprint density at radius 3 is 1.08 bits per heavy atom. The zero-order valence-electron chi connectivity index (χ0n) is 51.3. The van der Waals surface area contributed by atoms with Gasteiger partial charge in [0.1, 0.15) is 19.8 Å². The molecule has 0 radical (unpaired) electrons. The zero-order valence-corrected chi connectivity index (χ0v) is 52.2. The van der Waals surface area contributed by atoms with E-state index in [4.69, 9.17) is 18.5 Å². The average molecular weight is 1120 g/mol. The first-order chi connectivity index (χ1) is 38.5. The van der Waals surface area contributed by atoms with Crippen molar-refractivity contribution in [2.75, 3.05) is 47.5 Å². The van der Waals surface area contributed by atoms with Crippen molar-refractivity contribution in [3.05, 3.63) is 122 Å². The normalized spacial score (nSPS) is 14.1. The third-order valence-corrected chi connectivity index (χ3v) is 14.2. The molecule has 452 valence electrons. The van der Waals surface area contributed by atoms with E-state index in [-0.39, 0.29) is 32.0 Å². The van der Waals surface area contributed by atoms with Gasteiger partial charge in [-0.3, -0.25) is 18.6 Å². The highest BCUT2D eigenvalue weighted by Gasteiger charge is 2.27. The Kier molecular flexibility index (Phi) is 56.4. The SMILES string of the molecule is CC/C=C\C/C=C\C/C=C\C/C=C\C/C=C\C/C=C\C/C=C\C/C=C\C/C=C\C/C=C\CCCCCCCCC(=O)OC(COC(=O)CCCCCCCCCCCCCCCCCCCC)COP(=O)(O)OCC[N+](C)(C)C. The van der Waals surface area contributed by atoms with E-state index in [1.807, 2.05) is 21.1 Å². The molecule has 0 heterocycles. The van der Waals surface area contributed by atoms with E-state index in [9.17, 15) is 19.0 Å². The molecule has 0 aromatic heterocycles. The molecule has 79 heavy (non-hydrogen) atoms. The Morgan fingerprint density at radius 2 is 0.722 bits per heavy atom. The van der Waals surface area contributed by atoms with Crippen molar-refractivity contribution in [2.45, 2.75) is 258 Å². The Labute approximate surface area is 486 Å². The van der Waals surface area contributed by atoms with Crippen molar-refractivity contribution in [1.82, 2.24) is 0 Å². The highest BCUT2D eigenvalue weighted by Crippen LogP contribution is 2.43. The molecule has 0 aromatic carbocycles. The standard InChI is InChI=1S/C69H118NO8P/c1-6-8-10-12-14-16-18-20-22-24-26-27-28-29-30-31-32-33-34-35-36-37-38-39-40-41-42-43-44-46-48-50-52-54-56-58-60-62-69(72)78-67(66-77-79(73,74)76-64-63-70(3,4)5)65-75-68(71)61-59-57-55-53-51-49-47-45-25-23-21-19-17-15-13-11-9-7-2/h8,10,14,16,20,22,26-27,29-30,32-33,35-36,38-39,41-42,44,46,67H,6-7,9,11-13,15,17-19,21,23-25,28,31,34,37,40,43,45,47-66H2,1-5H3/p+1/b10-8-,16-14-,22-20-,27-26-,30-29-,33-32-,36-35-,39-38-,42-41-,46-44-. The lowest BCUT2D eigenvalue weighted by molar-refractivity contribution is -0.870. The van der Waals surface area contributed by atoms with Gasteiger partial charge in [-0.05, 0) is 89.9 Å². The number of phosphoric ester groups is 1. The Hall–Kier alpha value is -3.59. The highest BCUT2D eigenvalue weighted by molar-refractivity contribution is 7.47. The smallest absolute Gasteiger partial charge is 0.462 e. The van der Waals surface area contributed by atoms with Crippen LogP contribution in [0, 0.1) is 0 Å². The van der Waals surface area contributed by atoms with Gasteiger partial charge in [0.2, 0.25) is 0 Å². The first kappa shape index (κ1) is 75.4. The largest absolute Gasteiger partial charge is 0.472 e. The Morgan fingerprint density at radius 1 is 0.405 bits per heavy atom. The summed E-state index contributed by atoms with van der Waals surface area (Å²) in [7, 11) is 1.46. The van der Waals surface area contributed by atoms with Crippen LogP contribution < -0.4 is 0 Å². The molecule has 1 N–H and O–H groups in total. The predicted molar refractivity (Wildman–Crippen MR) is 339 cm³/mol. The van der Waals surface area contributed by atoms with E-state index in [2.05, 4.69) is 135 Å². The topological polar surface area (TPSA) is 108 Å². The second kappa shape index (κ2) is 59.0. The van der Waals surface area contributed by atoms with Crippen molar-refractivity contribution in [2.24, 2.45) is 0 Å². The fraction of sp³-hybridized carbons (Fsp3) is 0.681. The summed E-state index contributed by atoms with van der Waals surface area (Å²) in [5.41, 5.74) is 0. The van der Waals surface area contributed by atoms with Gasteiger partial charge in [-0.25, -0.2) is 4.57 Å². The maximum atomic E-state index is 12.8. The lowest BCUT2D eigenvalue weighted by atomic mass is 10.0. The molecule has 0 rings (SSSR count). The number of ether oxygens (including phenoxy) is 2. The second-order valence-electron chi connectivity index (χ2n) is 22.1. The number of carbonyl (C=O) groups excluding carboxylic acids is 2. The van der Waals surface area contributed by atoms with Gasteiger partial charge in [0.15, 0.2) is 6.10 Å². The molecule has 0 fully saturated rings. The van der Waals surface area contributed by atoms with Gasteiger partial charge in [-0.1, -0.05) is 270 Å². The number of likely N-dealkylation sites (N-methyl/N-ethyl adjacent to an activating group) is 1. The lowest BCUT2D eigenvalue weighted by Gasteiger charge is -2.24. The minimum Gasteiger partial charge on any atom is -0.462 e. The van der Waals surface area contributed by atoms with E-state index >= 15 is 0 Å². The van der Waals surface area contributed by atoms with E-state index in [1.165, 1.54) is 96.3 Å². The maximum absolute atomic E-state index is 12.8. The average Bonchev–Trinajstić information content (AvgIpc) is 3.41. The van der Waals surface area contributed by atoms with Gasteiger partial charge in [-0.2, -0.15) is 0 Å². The summed E-state index contributed by atoms with van der Waals surface area (Å²) in [6.45, 7) is 4.31. The third kappa shape index (κ3) is 63.5. The minimum absolute atomic E-state index is 0.0240. The number of carbonyl (C=O) groups is 2. The van der Waals surface area contributed by atoms with E-state index in [0.717, 1.165) is 122 Å². The van der Waals surface area contributed by atoms with Gasteiger partial charge in [0.25, 0.3) is 0 Å². The number of nitrogens with zero attached hydrogens (tertiary/aromatic N) is 1. The molecular weight excluding hydrogens is 1000 g/mol. The van der Waals surface area contributed by atoms with E-state index < -0.39 is 26.5 Å². The number of hydrogen-bond donors (Lipinski definition) is 1. The molecule has 0 aliphatic carbocycles. The Bertz CT molecular complexity index is 1750. The fourth-order valence-corrected chi connectivity index (χ4v) is 9.14. The molecule has 0 aromatic rings. The molecule has 0 saturated carbocycles. The molecular formula is C69H119NO8P+. The molecule has 2 atom stereocenters. The molecule has 10 heteroatoms. The molecule has 0 saturated heterocycles. The van der Waals surface area contributed by atoms with Crippen molar-refractivity contribution in [3.63, 3.8) is 0 Å². The van der Waals surface area contributed by atoms with Crippen LogP contribution in [0.15, 0.2) is 122 Å². The van der Waals surface area contributed by atoms with Gasteiger partial charge in [0.05, 0.1) is 27.7 Å². The first-order valence-corrected chi connectivity index (χ1v) is 33.3. The summed E-state index contributed by atoms with van der Waals surface area (Å²) in [5.74, 6) is -0.814.